The first-order chi connectivity index (χ1) is 51.9. The van der Waals surface area contributed by atoms with Crippen LogP contribution in [-0.2, 0) is 104 Å². The summed E-state index contributed by atoms with van der Waals surface area (Å²) in [4.78, 5) is 180. The van der Waals surface area contributed by atoms with Crippen LogP contribution >= 0.6 is 0 Å². The molecule has 0 aromatic heterocycles. The van der Waals surface area contributed by atoms with Gasteiger partial charge in [-0.15, -0.1) is 0 Å². The number of methoxy groups -OCH3 is 3. The second-order valence-corrected chi connectivity index (χ2v) is 32.3. The van der Waals surface area contributed by atoms with Gasteiger partial charge in [-0.1, -0.05) is 86.1 Å². The van der Waals surface area contributed by atoms with Gasteiger partial charge in [-0.2, -0.15) is 0 Å². The molecule has 110 heavy (non-hydrogen) atoms. The number of carboxylic acids is 2. The van der Waals surface area contributed by atoms with E-state index >= 15 is 0 Å². The molecule has 0 radical (unpaired) electrons. The van der Waals surface area contributed by atoms with E-state index in [-0.39, 0.29) is 141 Å². The average Bonchev–Trinajstić information content (AvgIpc) is 1.63. The summed E-state index contributed by atoms with van der Waals surface area (Å²) in [6, 6.07) is 10.1. The van der Waals surface area contributed by atoms with Crippen LogP contribution in [0.15, 0.2) is 48.5 Å². The molecule has 2 aromatic carbocycles. The zero-order valence-electron chi connectivity index (χ0n) is 66.5. The molecule has 4 fully saturated rings. The van der Waals surface area contributed by atoms with Crippen LogP contribution in [0.25, 0.3) is 0 Å². The van der Waals surface area contributed by atoms with Gasteiger partial charge in [0.1, 0.15) is 17.6 Å². The Morgan fingerprint density at radius 3 is 1.74 bits per heavy atom. The van der Waals surface area contributed by atoms with Gasteiger partial charge in [0.2, 0.25) is 45.5 Å². The number of benzene rings is 2. The van der Waals surface area contributed by atoms with E-state index in [2.05, 4.69) is 25.6 Å². The predicted molar refractivity (Wildman–Crippen MR) is 405 cm³/mol. The molecular formula is C78H119N9O22S. The number of anilines is 1. The summed E-state index contributed by atoms with van der Waals surface area (Å²) in [5.41, 5.74) is 3.95. The van der Waals surface area contributed by atoms with Crippen LogP contribution in [0.4, 0.5) is 5.69 Å². The fraction of sp³-hybridized carbons (Fsp3) is 0.679. The highest BCUT2D eigenvalue weighted by molar-refractivity contribution is 7.91. The van der Waals surface area contributed by atoms with Gasteiger partial charge >= 0.3 is 17.9 Å². The highest BCUT2D eigenvalue weighted by atomic mass is 32.2. The molecule has 32 heteroatoms. The zero-order chi connectivity index (χ0) is 81.9. The second-order valence-electron chi connectivity index (χ2n) is 30.4. The van der Waals surface area contributed by atoms with Gasteiger partial charge in [0.15, 0.2) is 12.4 Å². The monoisotopic (exact) mass is 1570 g/mol. The standard InChI is InChI=1S/C67H102N8O17S.C11H17NO5/c1-14-42(6)61(73(11)66(84)52(40(2)3)36-55(77)60(41(4)5)72(9)10)56(89-12)37-59(80)75-31-15-16-54(75)62(90-13)44(8)64(82)69-53(65(83)71-93(87,88)51-26-27-51)35-45-19-24-50(25-20-45)91-39-57(78)70-92-38-46-17-21-48(22-18-46)68-63(81)43(7)34-49(76)23-28-58(79)74-32-29-47(30-33-74)67(85)86;1-17-11(16)8-4-6-12(7-5-8)9(13)2-3-10(14)15/h17-22,24-25,40-44,47,51-54,56,60-62H,14-16,23,26-39H2,1-13H3,(H,68,81)(H,69,82)(H,70,78)(H,71,83)(H,85,86);8H,2-7H2,1H3,(H,14,15)/t42-,43+,44+,52-,53-,54-,56+,60-,61-,62+;/m0./s1. The molecule has 0 spiro atoms. The number of ether oxygens (including phenoxy) is 4. The van der Waals surface area contributed by atoms with Crippen molar-refractivity contribution in [2.75, 3.05) is 87.1 Å². The van der Waals surface area contributed by atoms with Crippen molar-refractivity contribution in [3.05, 3.63) is 59.7 Å². The molecule has 3 aliphatic heterocycles. The van der Waals surface area contributed by atoms with Crippen LogP contribution in [0.3, 0.4) is 0 Å². The van der Waals surface area contributed by atoms with Crippen LogP contribution in [0.1, 0.15) is 169 Å². The Hall–Kier alpha value is -8.46. The summed E-state index contributed by atoms with van der Waals surface area (Å²) in [5.74, 6) is -8.46. The van der Waals surface area contributed by atoms with Gasteiger partial charge in [0.25, 0.3) is 11.8 Å². The number of likely N-dealkylation sites (N-methyl/N-ethyl adjacent to an activating group) is 2. The molecule has 0 unspecified atom stereocenters. The van der Waals surface area contributed by atoms with E-state index in [9.17, 15) is 75.9 Å². The van der Waals surface area contributed by atoms with Crippen molar-refractivity contribution in [3.63, 3.8) is 0 Å². The summed E-state index contributed by atoms with van der Waals surface area (Å²) < 4.78 is 50.7. The molecule has 6 rings (SSSR count). The third-order valence-corrected chi connectivity index (χ3v) is 23.1. The Balaban J connectivity index is 0.00000112. The Kier molecular flexibility index (Phi) is 37.3. The number of carbonyl (C=O) groups excluding carboxylic acids is 11. The number of hydroxylamine groups is 1. The number of esters is 1. The van der Waals surface area contributed by atoms with Crippen LogP contribution in [0.2, 0.25) is 0 Å². The number of piperidine rings is 2. The van der Waals surface area contributed by atoms with Crippen molar-refractivity contribution in [2.24, 2.45) is 47.3 Å². The Labute approximate surface area is 647 Å². The van der Waals surface area contributed by atoms with Gasteiger partial charge < -0.3 is 59.4 Å². The maximum Gasteiger partial charge on any atom is 0.308 e. The van der Waals surface area contributed by atoms with Gasteiger partial charge in [-0.05, 0) is 119 Å². The lowest BCUT2D eigenvalue weighted by atomic mass is 9.83. The van der Waals surface area contributed by atoms with Crippen molar-refractivity contribution in [2.45, 2.75) is 213 Å². The quantitative estimate of drug-likeness (QED) is 0.0348. The van der Waals surface area contributed by atoms with E-state index < -0.39 is 106 Å². The normalized spacial score (nSPS) is 18.0. The molecule has 1 saturated carbocycles. The lowest BCUT2D eigenvalue weighted by Gasteiger charge is -2.41. The van der Waals surface area contributed by atoms with Gasteiger partial charge in [-0.25, -0.2) is 13.9 Å². The molecule has 8 amide bonds. The third kappa shape index (κ3) is 28.4. The number of likely N-dealkylation sites (tertiary alicyclic amines) is 3. The first-order valence-electron chi connectivity index (χ1n) is 38.2. The SMILES string of the molecule is CC[C@H](C)[C@@H]([C@@H](CC(=O)N1CCC[C@H]1[C@H](OC)[C@@H](C)C(=O)N[C@@H](Cc1ccc(OCC(=O)NOCc2ccc(NC(=O)[C@H](C)CC(=O)CCC(=O)N3CCC(C(=O)O)CC3)cc2)cc1)C(=O)NS(=O)(=O)C1CC1)OC)N(C)C(=O)[C@@H](CC(=O)[C@H](C(C)C)N(C)C)C(C)C.COC(=O)C1CCN(C(=O)CCC(=O)O)CC1. The first-order valence-corrected chi connectivity index (χ1v) is 39.8. The zero-order valence-corrected chi connectivity index (χ0v) is 67.3. The molecule has 6 N–H and O–H groups in total. The number of aliphatic carboxylic acids is 2. The molecule has 31 nitrogen and oxygen atoms in total. The van der Waals surface area contributed by atoms with Crippen LogP contribution < -0.4 is 25.6 Å². The minimum absolute atomic E-state index is 0.00614. The Morgan fingerprint density at radius 2 is 1.22 bits per heavy atom. The van der Waals surface area contributed by atoms with E-state index in [1.807, 2.05) is 60.5 Å². The number of sulfonamides is 1. The number of nitrogens with zero attached hydrogens (tertiary/aromatic N) is 5. The summed E-state index contributed by atoms with van der Waals surface area (Å²) in [5, 5.41) is 22.5. The number of rotatable bonds is 42. The maximum absolute atomic E-state index is 14.6. The number of ketones is 2. The largest absolute Gasteiger partial charge is 0.484 e. The van der Waals surface area contributed by atoms with E-state index in [1.165, 1.54) is 21.3 Å². The molecule has 4 aliphatic rings. The topological polar surface area (TPSA) is 407 Å². The average molecular weight is 1570 g/mol. The Bertz CT molecular complexity index is 3550. The highest BCUT2D eigenvalue weighted by Gasteiger charge is 2.45. The fourth-order valence-electron chi connectivity index (χ4n) is 14.5. The smallest absolute Gasteiger partial charge is 0.308 e. The van der Waals surface area contributed by atoms with E-state index in [1.54, 1.807) is 89.0 Å². The summed E-state index contributed by atoms with van der Waals surface area (Å²) in [6.45, 7) is 16.6. The molecule has 3 saturated heterocycles. The molecule has 614 valence electrons. The molecule has 1 aliphatic carbocycles. The van der Waals surface area contributed by atoms with Crippen LogP contribution in [-0.4, -0.2) is 243 Å². The van der Waals surface area contributed by atoms with E-state index in [0.717, 1.165) is 0 Å². The van der Waals surface area contributed by atoms with Gasteiger partial charge in [-0.3, -0.25) is 76.8 Å². The van der Waals surface area contributed by atoms with Crippen molar-refractivity contribution in [1.82, 2.24) is 40.0 Å². The van der Waals surface area contributed by atoms with Crippen molar-refractivity contribution >= 4 is 92.4 Å². The molecule has 0 bridgehead atoms. The number of hydrogen-bond donors (Lipinski definition) is 6. The Morgan fingerprint density at radius 1 is 0.636 bits per heavy atom. The number of amides is 8. The van der Waals surface area contributed by atoms with E-state index in [0.29, 0.717) is 107 Å². The molecule has 10 atom stereocenters. The highest BCUT2D eigenvalue weighted by Crippen LogP contribution is 2.33. The summed E-state index contributed by atoms with van der Waals surface area (Å²) in [6.07, 6.45) is 2.55. The minimum Gasteiger partial charge on any atom is -0.484 e. The van der Waals surface area contributed by atoms with Crippen molar-refractivity contribution in [3.8, 4) is 5.75 Å². The lowest BCUT2D eigenvalue weighted by Crippen LogP contribution is -2.55. The first kappa shape index (κ1) is 92.1. The lowest BCUT2D eigenvalue weighted by molar-refractivity contribution is -0.149. The second kappa shape index (κ2) is 44.5. The summed E-state index contributed by atoms with van der Waals surface area (Å²) in [7, 11) is 5.72. The molecular weight excluding hydrogens is 1450 g/mol. The van der Waals surface area contributed by atoms with Crippen molar-refractivity contribution in [1.29, 1.82) is 0 Å². The maximum atomic E-state index is 14.6. The van der Waals surface area contributed by atoms with Crippen molar-refractivity contribution < 1.29 is 105 Å². The number of Topliss-reactive ketones (excluding diaryl/α,β-unsaturated/α-hetero) is 2. The number of hydrogen-bond acceptors (Lipinski definition) is 21. The molecule has 3 heterocycles. The van der Waals surface area contributed by atoms with Gasteiger partial charge in [0, 0.05) is 110 Å². The van der Waals surface area contributed by atoms with E-state index in [4.69, 9.17) is 24.2 Å². The van der Waals surface area contributed by atoms with Gasteiger partial charge in [0.05, 0.1) is 79.9 Å². The number of nitrogens with one attached hydrogen (secondary N) is 4. The number of carbonyl (C=O) groups is 13. The fourth-order valence-corrected chi connectivity index (χ4v) is 15.8. The molecule has 2 aromatic rings. The third-order valence-electron chi connectivity index (χ3n) is 21.3. The predicted octanol–water partition coefficient (Wildman–Crippen LogP) is 5.59. The van der Waals surface area contributed by atoms with Crippen LogP contribution in [0.5, 0.6) is 5.75 Å². The summed E-state index contributed by atoms with van der Waals surface area (Å²) >= 11 is 0. The minimum atomic E-state index is -4.03. The number of carboxylic acid groups (broad SMARTS) is 2. The van der Waals surface area contributed by atoms with Crippen LogP contribution in [0, 0.1) is 47.3 Å².